The molecule has 2 aromatic rings. The lowest BCUT2D eigenvalue weighted by atomic mass is 10.0. The number of methoxy groups -OCH3 is 1. The zero-order valence-corrected chi connectivity index (χ0v) is 12.3. The van der Waals surface area contributed by atoms with E-state index in [0.29, 0.717) is 12.0 Å². The van der Waals surface area contributed by atoms with Crippen LogP contribution in [0, 0.1) is 0 Å². The molecule has 1 aliphatic rings. The van der Waals surface area contributed by atoms with E-state index in [1.807, 2.05) is 12.1 Å². The van der Waals surface area contributed by atoms with Gasteiger partial charge in [-0.3, -0.25) is 4.79 Å². The van der Waals surface area contributed by atoms with Crippen LogP contribution in [0.3, 0.4) is 0 Å². The lowest BCUT2D eigenvalue weighted by Crippen LogP contribution is -2.25. The molecule has 0 saturated carbocycles. The smallest absolute Gasteiger partial charge is 0.337 e. The first-order chi connectivity index (χ1) is 10.7. The minimum absolute atomic E-state index is 0.130. The van der Waals surface area contributed by atoms with Crippen LogP contribution >= 0.6 is 0 Å². The number of ether oxygens (including phenoxy) is 1. The van der Waals surface area contributed by atoms with E-state index >= 15 is 0 Å². The van der Waals surface area contributed by atoms with Gasteiger partial charge in [0.1, 0.15) is 0 Å². The minimum atomic E-state index is -0.364. The molecule has 0 atom stereocenters. The van der Waals surface area contributed by atoms with Gasteiger partial charge in [0.25, 0.3) is 5.56 Å². The summed E-state index contributed by atoms with van der Waals surface area (Å²) in [6, 6.07) is 7.23. The Balaban J connectivity index is 1.94. The number of fused-ring (bicyclic) bond motifs is 1. The zero-order chi connectivity index (χ0) is 15.5. The third kappa shape index (κ3) is 2.72. The van der Waals surface area contributed by atoms with Gasteiger partial charge in [-0.2, -0.15) is 5.10 Å². The summed E-state index contributed by atoms with van der Waals surface area (Å²) in [6.45, 7) is 0.841. The van der Waals surface area contributed by atoms with Gasteiger partial charge in [0.15, 0.2) is 0 Å². The van der Waals surface area contributed by atoms with E-state index in [2.05, 4.69) is 15.5 Å². The Bertz CT molecular complexity index is 767. The molecular formula is C16H17N3O3. The van der Waals surface area contributed by atoms with Gasteiger partial charge in [0, 0.05) is 18.5 Å². The lowest BCUT2D eigenvalue weighted by molar-refractivity contribution is 0.0600. The molecule has 0 bridgehead atoms. The van der Waals surface area contributed by atoms with Crippen molar-refractivity contribution in [3.63, 3.8) is 0 Å². The SMILES string of the molecule is COC(=O)c1cccc(Cc2n[nH]c(=O)c3c2NCCC3)c1. The summed E-state index contributed by atoms with van der Waals surface area (Å²) in [6.07, 6.45) is 2.24. The summed E-state index contributed by atoms with van der Waals surface area (Å²) >= 11 is 0. The molecule has 2 heterocycles. The average molecular weight is 299 g/mol. The molecule has 22 heavy (non-hydrogen) atoms. The van der Waals surface area contributed by atoms with E-state index in [1.54, 1.807) is 12.1 Å². The normalized spacial score (nSPS) is 13.1. The quantitative estimate of drug-likeness (QED) is 0.839. The molecule has 0 amide bonds. The molecule has 1 aromatic heterocycles. The predicted molar refractivity (Wildman–Crippen MR) is 82.3 cm³/mol. The maximum absolute atomic E-state index is 11.8. The number of anilines is 1. The van der Waals surface area contributed by atoms with Crippen molar-refractivity contribution < 1.29 is 9.53 Å². The summed E-state index contributed by atoms with van der Waals surface area (Å²) in [5, 5.41) is 9.99. The highest BCUT2D eigenvalue weighted by molar-refractivity contribution is 5.89. The van der Waals surface area contributed by atoms with Crippen LogP contribution in [0.2, 0.25) is 0 Å². The van der Waals surface area contributed by atoms with Crippen LogP contribution in [0.5, 0.6) is 0 Å². The maximum atomic E-state index is 11.8. The molecule has 0 spiro atoms. The van der Waals surface area contributed by atoms with Crippen molar-refractivity contribution in [1.29, 1.82) is 0 Å². The summed E-state index contributed by atoms with van der Waals surface area (Å²) in [4.78, 5) is 23.4. The highest BCUT2D eigenvalue weighted by Crippen LogP contribution is 2.23. The molecule has 0 aliphatic carbocycles. The van der Waals surface area contributed by atoms with Crippen LogP contribution in [0.1, 0.15) is 33.6 Å². The van der Waals surface area contributed by atoms with Gasteiger partial charge < -0.3 is 10.1 Å². The van der Waals surface area contributed by atoms with Crippen molar-refractivity contribution in [1.82, 2.24) is 10.2 Å². The standard InChI is InChI=1S/C16H17N3O3/c1-22-16(21)11-5-2-4-10(8-11)9-13-14-12(6-3-7-17-14)15(20)19-18-13/h2,4-5,8,17H,3,6-7,9H2,1H3,(H,19,20). The molecule has 6 heteroatoms. The van der Waals surface area contributed by atoms with Gasteiger partial charge in [-0.1, -0.05) is 12.1 Å². The van der Waals surface area contributed by atoms with Crippen LogP contribution in [0.25, 0.3) is 0 Å². The zero-order valence-electron chi connectivity index (χ0n) is 12.3. The Morgan fingerprint density at radius 3 is 3.09 bits per heavy atom. The van der Waals surface area contributed by atoms with Crippen LogP contribution in [-0.2, 0) is 17.6 Å². The van der Waals surface area contributed by atoms with E-state index in [0.717, 1.165) is 41.9 Å². The highest BCUT2D eigenvalue weighted by atomic mass is 16.5. The second-order valence-electron chi connectivity index (χ2n) is 5.25. The van der Waals surface area contributed by atoms with Crippen LogP contribution in [0.15, 0.2) is 29.1 Å². The van der Waals surface area contributed by atoms with Gasteiger partial charge in [0.05, 0.1) is 24.1 Å². The van der Waals surface area contributed by atoms with Crippen LogP contribution in [0.4, 0.5) is 5.69 Å². The summed E-state index contributed by atoms with van der Waals surface area (Å²) in [7, 11) is 1.36. The number of esters is 1. The van der Waals surface area contributed by atoms with E-state index in [9.17, 15) is 9.59 Å². The van der Waals surface area contributed by atoms with E-state index in [4.69, 9.17) is 4.74 Å². The number of hydrogen-bond acceptors (Lipinski definition) is 5. The fraction of sp³-hybridized carbons (Fsp3) is 0.312. The molecule has 0 saturated heterocycles. The number of rotatable bonds is 3. The second kappa shape index (κ2) is 6.01. The largest absolute Gasteiger partial charge is 0.465 e. The van der Waals surface area contributed by atoms with Crippen molar-refractivity contribution >= 4 is 11.7 Å². The molecule has 0 fully saturated rings. The summed E-state index contributed by atoms with van der Waals surface area (Å²) in [5.74, 6) is -0.364. The van der Waals surface area contributed by atoms with Gasteiger partial charge in [-0.15, -0.1) is 0 Å². The first-order valence-electron chi connectivity index (χ1n) is 7.20. The van der Waals surface area contributed by atoms with E-state index in [-0.39, 0.29) is 11.5 Å². The Morgan fingerprint density at radius 2 is 2.27 bits per heavy atom. The lowest BCUT2D eigenvalue weighted by Gasteiger charge is -2.19. The third-order valence-corrected chi connectivity index (χ3v) is 3.78. The molecule has 114 valence electrons. The van der Waals surface area contributed by atoms with Gasteiger partial charge in [-0.25, -0.2) is 9.89 Å². The number of H-pyrrole nitrogens is 1. The number of benzene rings is 1. The monoisotopic (exact) mass is 299 g/mol. The first kappa shape index (κ1) is 14.3. The number of hydrogen-bond donors (Lipinski definition) is 2. The molecular weight excluding hydrogens is 282 g/mol. The second-order valence-corrected chi connectivity index (χ2v) is 5.25. The molecule has 1 aromatic carbocycles. The summed E-state index contributed by atoms with van der Waals surface area (Å²) in [5.41, 5.74) is 3.70. The topological polar surface area (TPSA) is 84.1 Å². The van der Waals surface area contributed by atoms with E-state index < -0.39 is 0 Å². The number of nitrogens with zero attached hydrogens (tertiary/aromatic N) is 1. The molecule has 1 aliphatic heterocycles. The number of nitrogens with one attached hydrogen (secondary N) is 2. The molecule has 0 radical (unpaired) electrons. The maximum Gasteiger partial charge on any atom is 0.337 e. The Morgan fingerprint density at radius 1 is 1.41 bits per heavy atom. The van der Waals surface area contributed by atoms with E-state index in [1.165, 1.54) is 7.11 Å². The van der Waals surface area contributed by atoms with Crippen molar-refractivity contribution in [3.8, 4) is 0 Å². The molecule has 6 nitrogen and oxygen atoms in total. The molecule has 0 unspecified atom stereocenters. The Hall–Kier alpha value is -2.63. The van der Waals surface area contributed by atoms with Gasteiger partial charge in [-0.05, 0) is 30.5 Å². The Labute approximate surface area is 127 Å². The molecule has 2 N–H and O–H groups in total. The van der Waals surface area contributed by atoms with Crippen molar-refractivity contribution in [3.05, 3.63) is 57.0 Å². The number of carbonyl (C=O) groups is 1. The average Bonchev–Trinajstić information content (AvgIpc) is 2.57. The van der Waals surface area contributed by atoms with Crippen molar-refractivity contribution in [2.75, 3.05) is 19.0 Å². The van der Waals surface area contributed by atoms with Crippen LogP contribution < -0.4 is 10.9 Å². The fourth-order valence-corrected chi connectivity index (χ4v) is 2.70. The van der Waals surface area contributed by atoms with Gasteiger partial charge in [0.2, 0.25) is 0 Å². The minimum Gasteiger partial charge on any atom is -0.465 e. The third-order valence-electron chi connectivity index (χ3n) is 3.78. The molecule has 3 rings (SSSR count). The van der Waals surface area contributed by atoms with Gasteiger partial charge >= 0.3 is 5.97 Å². The number of aromatic amines is 1. The van der Waals surface area contributed by atoms with Crippen molar-refractivity contribution in [2.24, 2.45) is 0 Å². The van der Waals surface area contributed by atoms with Crippen molar-refractivity contribution in [2.45, 2.75) is 19.3 Å². The number of carbonyl (C=O) groups excluding carboxylic acids is 1. The van der Waals surface area contributed by atoms with Crippen LogP contribution in [-0.4, -0.2) is 29.8 Å². The summed E-state index contributed by atoms with van der Waals surface area (Å²) < 4.78 is 4.73. The number of aromatic nitrogens is 2. The first-order valence-corrected chi connectivity index (χ1v) is 7.20. The Kier molecular flexibility index (Phi) is 3.91. The fourth-order valence-electron chi connectivity index (χ4n) is 2.70. The predicted octanol–water partition coefficient (Wildman–Crippen LogP) is 1.51. The highest BCUT2D eigenvalue weighted by Gasteiger charge is 2.18.